The molecule has 0 bridgehead atoms. The number of rotatable bonds is 5. The van der Waals surface area contributed by atoms with Crippen LogP contribution in [0.2, 0.25) is 0 Å². The molecule has 0 aliphatic heterocycles. The number of aromatic amines is 1. The van der Waals surface area contributed by atoms with Gasteiger partial charge in [0.15, 0.2) is 5.82 Å². The minimum Gasteiger partial charge on any atom is -0.489 e. The number of hydrogen-bond donors (Lipinski definition) is 2. The number of carbonyl (C=O) groups excluding carboxylic acids is 1. The third-order valence-electron chi connectivity index (χ3n) is 3.61. The first-order valence-electron chi connectivity index (χ1n) is 7.51. The van der Waals surface area contributed by atoms with Crippen LogP contribution >= 0.6 is 0 Å². The third kappa shape index (κ3) is 3.45. The van der Waals surface area contributed by atoms with Gasteiger partial charge in [-0.1, -0.05) is 11.2 Å². The molecular formula is C17H18N4O3. The van der Waals surface area contributed by atoms with E-state index in [9.17, 15) is 4.79 Å². The van der Waals surface area contributed by atoms with Crippen molar-refractivity contribution in [1.82, 2.24) is 15.4 Å². The second kappa shape index (κ2) is 6.57. The van der Waals surface area contributed by atoms with Crippen molar-refractivity contribution in [2.75, 3.05) is 5.32 Å². The summed E-state index contributed by atoms with van der Waals surface area (Å²) in [6, 6.07) is 8.74. The van der Waals surface area contributed by atoms with Gasteiger partial charge in [-0.25, -0.2) is 0 Å². The number of H-pyrrole nitrogens is 1. The summed E-state index contributed by atoms with van der Waals surface area (Å²) in [4.78, 5) is 12.3. The minimum atomic E-state index is -0.246. The van der Waals surface area contributed by atoms with Crippen LogP contribution in [-0.2, 0) is 6.61 Å². The van der Waals surface area contributed by atoms with Gasteiger partial charge in [-0.2, -0.15) is 5.10 Å². The molecule has 1 amide bonds. The molecule has 1 aromatic carbocycles. The van der Waals surface area contributed by atoms with Crippen LogP contribution in [0.5, 0.6) is 5.75 Å². The van der Waals surface area contributed by atoms with Crippen molar-refractivity contribution >= 4 is 11.7 Å². The normalized spacial score (nSPS) is 10.6. The van der Waals surface area contributed by atoms with Crippen LogP contribution < -0.4 is 10.1 Å². The number of amides is 1. The molecule has 0 aliphatic rings. The Morgan fingerprint density at radius 2 is 2.12 bits per heavy atom. The lowest BCUT2D eigenvalue weighted by atomic mass is 10.2. The Labute approximate surface area is 139 Å². The largest absolute Gasteiger partial charge is 0.489 e. The van der Waals surface area contributed by atoms with E-state index < -0.39 is 0 Å². The number of nitrogens with zero attached hydrogens (tertiary/aromatic N) is 2. The van der Waals surface area contributed by atoms with Gasteiger partial charge in [0.05, 0.1) is 11.3 Å². The number of hydrogen-bond acceptors (Lipinski definition) is 5. The van der Waals surface area contributed by atoms with Crippen LogP contribution in [0.3, 0.4) is 0 Å². The molecular weight excluding hydrogens is 308 g/mol. The molecule has 0 saturated carbocycles. The van der Waals surface area contributed by atoms with Crippen molar-refractivity contribution in [1.29, 1.82) is 0 Å². The fourth-order valence-electron chi connectivity index (χ4n) is 2.26. The molecule has 0 aliphatic carbocycles. The van der Waals surface area contributed by atoms with E-state index in [2.05, 4.69) is 20.7 Å². The van der Waals surface area contributed by atoms with E-state index in [4.69, 9.17) is 9.26 Å². The van der Waals surface area contributed by atoms with E-state index in [1.54, 1.807) is 30.3 Å². The fourth-order valence-corrected chi connectivity index (χ4v) is 2.26. The minimum absolute atomic E-state index is 0.246. The zero-order valence-electron chi connectivity index (χ0n) is 13.7. The van der Waals surface area contributed by atoms with Gasteiger partial charge >= 0.3 is 0 Å². The Bertz CT molecular complexity index is 847. The van der Waals surface area contributed by atoms with Gasteiger partial charge in [-0.3, -0.25) is 9.89 Å². The lowest BCUT2D eigenvalue weighted by molar-refractivity contribution is 0.102. The van der Waals surface area contributed by atoms with E-state index >= 15 is 0 Å². The summed E-state index contributed by atoms with van der Waals surface area (Å²) in [6.07, 6.45) is 0. The smallest absolute Gasteiger partial charge is 0.256 e. The first-order valence-corrected chi connectivity index (χ1v) is 7.51. The van der Waals surface area contributed by atoms with Crippen molar-refractivity contribution in [3.63, 3.8) is 0 Å². The number of nitrogens with one attached hydrogen (secondary N) is 2. The predicted octanol–water partition coefficient (Wildman–Crippen LogP) is 3.15. The van der Waals surface area contributed by atoms with E-state index in [0.717, 1.165) is 22.7 Å². The van der Waals surface area contributed by atoms with Crippen LogP contribution in [0.15, 0.2) is 34.9 Å². The number of carbonyl (C=O) groups is 1. The Kier molecular flexibility index (Phi) is 4.33. The molecule has 24 heavy (non-hydrogen) atoms. The monoisotopic (exact) mass is 326 g/mol. The standard InChI is InChI=1S/C17H18N4O3/c1-10-7-16(20-19-10)18-17(22)13-5-4-6-14(8-13)23-9-15-11(2)21-24-12(15)3/h4-8H,9H2,1-3H3,(H2,18,19,20,22). The Morgan fingerprint density at radius 1 is 1.29 bits per heavy atom. The third-order valence-corrected chi connectivity index (χ3v) is 3.61. The van der Waals surface area contributed by atoms with Crippen molar-refractivity contribution < 1.29 is 14.1 Å². The Hall–Kier alpha value is -3.09. The van der Waals surface area contributed by atoms with Gasteiger partial charge < -0.3 is 14.6 Å². The van der Waals surface area contributed by atoms with E-state index in [0.29, 0.717) is 23.7 Å². The highest BCUT2D eigenvalue weighted by molar-refractivity contribution is 6.04. The van der Waals surface area contributed by atoms with Crippen LogP contribution in [0.1, 0.15) is 33.1 Å². The summed E-state index contributed by atoms with van der Waals surface area (Å²) in [5.74, 6) is 1.57. The first kappa shape index (κ1) is 15.8. The second-order valence-electron chi connectivity index (χ2n) is 5.51. The summed E-state index contributed by atoms with van der Waals surface area (Å²) in [5, 5.41) is 13.4. The quantitative estimate of drug-likeness (QED) is 0.751. The maximum absolute atomic E-state index is 12.3. The summed E-state index contributed by atoms with van der Waals surface area (Å²) in [7, 11) is 0. The lowest BCUT2D eigenvalue weighted by Crippen LogP contribution is -2.12. The van der Waals surface area contributed by atoms with Gasteiger partial charge in [0.1, 0.15) is 18.1 Å². The van der Waals surface area contributed by atoms with E-state index in [1.807, 2.05) is 20.8 Å². The number of ether oxygens (including phenoxy) is 1. The lowest BCUT2D eigenvalue weighted by Gasteiger charge is -2.08. The second-order valence-corrected chi connectivity index (χ2v) is 5.51. The number of aryl methyl sites for hydroxylation is 3. The molecule has 2 heterocycles. The molecule has 2 aromatic heterocycles. The van der Waals surface area contributed by atoms with Gasteiger partial charge in [0, 0.05) is 17.3 Å². The summed E-state index contributed by atoms with van der Waals surface area (Å²) in [6.45, 7) is 5.91. The Morgan fingerprint density at radius 3 is 2.79 bits per heavy atom. The van der Waals surface area contributed by atoms with Crippen molar-refractivity contribution in [2.45, 2.75) is 27.4 Å². The summed E-state index contributed by atoms with van der Waals surface area (Å²) in [5.41, 5.74) is 3.08. The number of anilines is 1. The van der Waals surface area contributed by atoms with Gasteiger partial charge in [-0.05, 0) is 39.0 Å². The van der Waals surface area contributed by atoms with Gasteiger partial charge in [0.2, 0.25) is 0 Å². The molecule has 3 rings (SSSR count). The SMILES string of the molecule is Cc1cc(NC(=O)c2cccc(OCc3c(C)noc3C)c2)n[nH]1. The molecule has 0 saturated heterocycles. The Balaban J connectivity index is 1.68. The number of aromatic nitrogens is 3. The van der Waals surface area contributed by atoms with Crippen LogP contribution in [0.25, 0.3) is 0 Å². The van der Waals surface area contributed by atoms with Crippen molar-refractivity contribution in [3.05, 3.63) is 58.6 Å². The van der Waals surface area contributed by atoms with Gasteiger partial charge in [-0.15, -0.1) is 0 Å². The molecule has 124 valence electrons. The average Bonchev–Trinajstić information content (AvgIpc) is 3.11. The molecule has 2 N–H and O–H groups in total. The molecule has 7 heteroatoms. The summed E-state index contributed by atoms with van der Waals surface area (Å²) >= 11 is 0. The van der Waals surface area contributed by atoms with Crippen LogP contribution in [0.4, 0.5) is 5.82 Å². The highest BCUT2D eigenvalue weighted by Gasteiger charge is 2.12. The first-order chi connectivity index (χ1) is 11.5. The zero-order chi connectivity index (χ0) is 17.1. The molecule has 0 fully saturated rings. The molecule has 0 radical (unpaired) electrons. The molecule has 0 unspecified atom stereocenters. The van der Waals surface area contributed by atoms with Crippen LogP contribution in [-0.4, -0.2) is 21.3 Å². The van der Waals surface area contributed by atoms with Crippen molar-refractivity contribution in [3.8, 4) is 5.75 Å². The topological polar surface area (TPSA) is 93.0 Å². The summed E-state index contributed by atoms with van der Waals surface area (Å²) < 4.78 is 10.9. The van der Waals surface area contributed by atoms with Crippen LogP contribution in [0, 0.1) is 20.8 Å². The highest BCUT2D eigenvalue weighted by Crippen LogP contribution is 2.19. The molecule has 0 atom stereocenters. The van der Waals surface area contributed by atoms with E-state index in [1.165, 1.54) is 0 Å². The molecule has 3 aromatic rings. The predicted molar refractivity (Wildman–Crippen MR) is 88.0 cm³/mol. The van der Waals surface area contributed by atoms with E-state index in [-0.39, 0.29) is 5.91 Å². The fraction of sp³-hybridized carbons (Fsp3) is 0.235. The molecule has 7 nitrogen and oxygen atoms in total. The maximum Gasteiger partial charge on any atom is 0.256 e. The zero-order valence-corrected chi connectivity index (χ0v) is 13.7. The molecule has 0 spiro atoms. The van der Waals surface area contributed by atoms with Gasteiger partial charge in [0.25, 0.3) is 5.91 Å². The highest BCUT2D eigenvalue weighted by atomic mass is 16.5. The number of benzene rings is 1. The average molecular weight is 326 g/mol. The van der Waals surface area contributed by atoms with Crippen molar-refractivity contribution in [2.24, 2.45) is 0 Å². The maximum atomic E-state index is 12.3.